The van der Waals surface area contributed by atoms with E-state index in [2.05, 4.69) is 52.9 Å². The van der Waals surface area contributed by atoms with Crippen molar-refractivity contribution in [3.8, 4) is 0 Å². The fourth-order valence-electron chi connectivity index (χ4n) is 1.22. The van der Waals surface area contributed by atoms with Crippen LogP contribution >= 0.6 is 0 Å². The lowest BCUT2D eigenvalue weighted by Crippen LogP contribution is -1.88. The Labute approximate surface area is 89.3 Å². The van der Waals surface area contributed by atoms with Crippen LogP contribution < -0.4 is 0 Å². The molecule has 1 heterocycles. The van der Waals surface area contributed by atoms with Crippen molar-refractivity contribution >= 4 is 16.9 Å². The Balaban J connectivity index is 0.000000195. The van der Waals surface area contributed by atoms with E-state index in [9.17, 15) is 4.79 Å². The van der Waals surface area contributed by atoms with Gasteiger partial charge in [0.05, 0.1) is 7.11 Å². The summed E-state index contributed by atoms with van der Waals surface area (Å²) >= 11 is 0. The second kappa shape index (κ2) is 5.20. The van der Waals surface area contributed by atoms with Crippen molar-refractivity contribution in [2.45, 2.75) is 6.92 Å². The summed E-state index contributed by atoms with van der Waals surface area (Å²) in [4.78, 5) is 9.59. The molecule has 0 amide bonds. The normalized spacial score (nSPS) is 9.27. The van der Waals surface area contributed by atoms with E-state index in [-0.39, 0.29) is 5.97 Å². The van der Waals surface area contributed by atoms with Crippen molar-refractivity contribution in [3.63, 3.8) is 0 Å². The van der Waals surface area contributed by atoms with Gasteiger partial charge in [-0.1, -0.05) is 18.2 Å². The number of hydrogen-bond donors (Lipinski definition) is 0. The number of nitrogens with zero attached hydrogens (tertiary/aromatic N) is 1. The average molecular weight is 205 g/mol. The molecule has 0 aliphatic rings. The van der Waals surface area contributed by atoms with Crippen molar-refractivity contribution in [2.75, 3.05) is 7.11 Å². The highest BCUT2D eigenvalue weighted by molar-refractivity contribution is 5.79. The number of para-hydroxylation sites is 1. The third-order valence-electron chi connectivity index (χ3n) is 2.08. The number of fused-ring (bicyclic) bond motifs is 1. The van der Waals surface area contributed by atoms with E-state index >= 15 is 0 Å². The van der Waals surface area contributed by atoms with Gasteiger partial charge in [0.25, 0.3) is 0 Å². The SMILES string of the molecule is COC(C)=O.Cn1ccc2ccccc21. The monoisotopic (exact) mass is 205 g/mol. The molecule has 3 heteroatoms. The Hall–Kier alpha value is -1.77. The summed E-state index contributed by atoms with van der Waals surface area (Å²) in [5.41, 5.74) is 1.29. The van der Waals surface area contributed by atoms with Gasteiger partial charge in [-0.3, -0.25) is 4.79 Å². The number of carbonyl (C=O) groups is 1. The van der Waals surface area contributed by atoms with Gasteiger partial charge in [0.15, 0.2) is 0 Å². The van der Waals surface area contributed by atoms with Crippen LogP contribution in [0.5, 0.6) is 0 Å². The number of methoxy groups -OCH3 is 1. The molecule has 0 unspecified atom stereocenters. The highest BCUT2D eigenvalue weighted by atomic mass is 16.5. The van der Waals surface area contributed by atoms with E-state index < -0.39 is 0 Å². The molecule has 0 aliphatic carbocycles. The van der Waals surface area contributed by atoms with E-state index in [1.165, 1.54) is 24.9 Å². The van der Waals surface area contributed by atoms with Gasteiger partial charge in [-0.15, -0.1) is 0 Å². The molecule has 0 radical (unpaired) electrons. The zero-order valence-corrected chi connectivity index (χ0v) is 9.23. The van der Waals surface area contributed by atoms with Gasteiger partial charge >= 0.3 is 5.97 Å². The topological polar surface area (TPSA) is 31.2 Å². The number of rotatable bonds is 0. The molecular formula is C12H15NO2. The fourth-order valence-corrected chi connectivity index (χ4v) is 1.22. The first-order valence-electron chi connectivity index (χ1n) is 4.69. The molecule has 0 spiro atoms. The summed E-state index contributed by atoms with van der Waals surface area (Å²) in [6.45, 7) is 1.36. The molecule has 1 aromatic carbocycles. The summed E-state index contributed by atoms with van der Waals surface area (Å²) < 4.78 is 6.23. The molecule has 15 heavy (non-hydrogen) atoms. The minimum Gasteiger partial charge on any atom is -0.469 e. The predicted octanol–water partition coefficient (Wildman–Crippen LogP) is 2.36. The van der Waals surface area contributed by atoms with Gasteiger partial charge in [0, 0.05) is 25.7 Å². The largest absolute Gasteiger partial charge is 0.469 e. The summed E-state index contributed by atoms with van der Waals surface area (Å²) in [5.74, 6) is -0.245. The van der Waals surface area contributed by atoms with Gasteiger partial charge in [-0.05, 0) is 17.5 Å². The van der Waals surface area contributed by atoms with Crippen molar-refractivity contribution in [3.05, 3.63) is 36.5 Å². The van der Waals surface area contributed by atoms with Crippen molar-refractivity contribution < 1.29 is 9.53 Å². The molecule has 0 saturated carbocycles. The van der Waals surface area contributed by atoms with E-state index in [1.807, 2.05) is 0 Å². The van der Waals surface area contributed by atoms with Crippen LogP contribution in [0.15, 0.2) is 36.5 Å². The van der Waals surface area contributed by atoms with Crippen LogP contribution in [0.25, 0.3) is 10.9 Å². The molecular weight excluding hydrogens is 190 g/mol. The average Bonchev–Trinajstić information content (AvgIpc) is 2.62. The first-order valence-corrected chi connectivity index (χ1v) is 4.69. The summed E-state index contributed by atoms with van der Waals surface area (Å²) in [6, 6.07) is 10.5. The second-order valence-electron chi connectivity index (χ2n) is 3.18. The maximum atomic E-state index is 9.59. The quantitative estimate of drug-likeness (QED) is 0.618. The lowest BCUT2D eigenvalue weighted by molar-refractivity contribution is -0.137. The Bertz CT molecular complexity index is 446. The number of aromatic nitrogens is 1. The smallest absolute Gasteiger partial charge is 0.302 e. The van der Waals surface area contributed by atoms with E-state index in [0.29, 0.717) is 0 Å². The molecule has 2 rings (SSSR count). The fraction of sp³-hybridized carbons (Fsp3) is 0.250. The molecule has 0 aliphatic heterocycles. The molecule has 2 aromatic rings. The number of hydrogen-bond acceptors (Lipinski definition) is 2. The lowest BCUT2D eigenvalue weighted by Gasteiger charge is -1.92. The summed E-state index contributed by atoms with van der Waals surface area (Å²) in [5, 5.41) is 1.31. The van der Waals surface area contributed by atoms with Crippen LogP contribution in [0.4, 0.5) is 0 Å². The molecule has 0 atom stereocenters. The van der Waals surface area contributed by atoms with Crippen LogP contribution in [0.1, 0.15) is 6.92 Å². The molecule has 1 aromatic heterocycles. The maximum absolute atomic E-state index is 9.59. The molecule has 80 valence electrons. The summed E-state index contributed by atoms with van der Waals surface area (Å²) in [7, 11) is 3.41. The Morgan fingerprint density at radius 1 is 1.27 bits per heavy atom. The van der Waals surface area contributed by atoms with Crippen LogP contribution in [0.3, 0.4) is 0 Å². The zero-order valence-electron chi connectivity index (χ0n) is 9.23. The zero-order chi connectivity index (χ0) is 11.3. The van der Waals surface area contributed by atoms with E-state index in [1.54, 1.807) is 0 Å². The Morgan fingerprint density at radius 3 is 2.40 bits per heavy atom. The van der Waals surface area contributed by atoms with Crippen LogP contribution in [0, 0.1) is 0 Å². The predicted molar refractivity (Wildman–Crippen MR) is 60.6 cm³/mol. The van der Waals surface area contributed by atoms with Gasteiger partial charge in [0.2, 0.25) is 0 Å². The standard InChI is InChI=1S/C9H9N.C3H6O2/c1-10-7-6-8-4-2-3-5-9(8)10;1-3(4)5-2/h2-7H,1H3;1-2H3. The first kappa shape index (κ1) is 11.3. The van der Waals surface area contributed by atoms with E-state index in [0.717, 1.165) is 0 Å². The Morgan fingerprint density at radius 2 is 1.87 bits per heavy atom. The highest BCUT2D eigenvalue weighted by Gasteiger charge is 1.92. The summed E-state index contributed by atoms with van der Waals surface area (Å²) in [6.07, 6.45) is 2.07. The van der Waals surface area contributed by atoms with Crippen molar-refractivity contribution in [2.24, 2.45) is 7.05 Å². The number of ether oxygens (including phenoxy) is 1. The first-order chi connectivity index (χ1) is 7.15. The van der Waals surface area contributed by atoms with Crippen LogP contribution in [0.2, 0.25) is 0 Å². The van der Waals surface area contributed by atoms with Gasteiger partial charge < -0.3 is 9.30 Å². The van der Waals surface area contributed by atoms with Gasteiger partial charge in [0.1, 0.15) is 0 Å². The second-order valence-corrected chi connectivity index (χ2v) is 3.18. The third-order valence-corrected chi connectivity index (χ3v) is 2.08. The number of benzene rings is 1. The van der Waals surface area contributed by atoms with Crippen LogP contribution in [-0.4, -0.2) is 17.6 Å². The minimum absolute atomic E-state index is 0.245. The van der Waals surface area contributed by atoms with E-state index in [4.69, 9.17) is 0 Å². The number of aryl methyl sites for hydroxylation is 1. The molecule has 3 nitrogen and oxygen atoms in total. The molecule has 0 fully saturated rings. The third kappa shape index (κ3) is 3.13. The highest BCUT2D eigenvalue weighted by Crippen LogP contribution is 2.12. The number of esters is 1. The molecule has 0 saturated heterocycles. The number of carbonyl (C=O) groups excluding carboxylic acids is 1. The maximum Gasteiger partial charge on any atom is 0.302 e. The van der Waals surface area contributed by atoms with Gasteiger partial charge in [-0.25, -0.2) is 0 Å². The van der Waals surface area contributed by atoms with Gasteiger partial charge in [-0.2, -0.15) is 0 Å². The lowest BCUT2D eigenvalue weighted by atomic mass is 10.2. The minimum atomic E-state index is -0.245. The molecule has 0 N–H and O–H groups in total. The molecule has 0 bridgehead atoms. The van der Waals surface area contributed by atoms with Crippen LogP contribution in [-0.2, 0) is 16.6 Å². The van der Waals surface area contributed by atoms with Crippen molar-refractivity contribution in [1.29, 1.82) is 0 Å². The Kier molecular flexibility index (Phi) is 3.92. The van der Waals surface area contributed by atoms with Crippen molar-refractivity contribution in [1.82, 2.24) is 4.57 Å².